The summed E-state index contributed by atoms with van der Waals surface area (Å²) in [6, 6.07) is 10.7. The minimum absolute atomic E-state index is 0.0353. The molecule has 0 saturated heterocycles. The molecule has 1 amide bonds. The Morgan fingerprint density at radius 3 is 2.78 bits per heavy atom. The Labute approximate surface area is 136 Å². The second-order valence-electron chi connectivity index (χ2n) is 6.73. The number of carbonyl (C=O) groups excluding carboxylic acids is 1. The van der Waals surface area contributed by atoms with Gasteiger partial charge in [-0.1, -0.05) is 37.1 Å². The quantitative estimate of drug-likeness (QED) is 0.929. The van der Waals surface area contributed by atoms with E-state index in [-0.39, 0.29) is 11.8 Å². The summed E-state index contributed by atoms with van der Waals surface area (Å²) < 4.78 is 2.01. The first-order valence-corrected chi connectivity index (χ1v) is 8.75. The van der Waals surface area contributed by atoms with E-state index < -0.39 is 0 Å². The van der Waals surface area contributed by atoms with Gasteiger partial charge < -0.3 is 5.32 Å². The van der Waals surface area contributed by atoms with E-state index in [1.165, 1.54) is 24.0 Å². The zero-order chi connectivity index (χ0) is 15.6. The molecule has 23 heavy (non-hydrogen) atoms. The lowest BCUT2D eigenvalue weighted by Crippen LogP contribution is -2.26. The minimum atomic E-state index is -0.0353. The Morgan fingerprint density at radius 2 is 1.91 bits per heavy atom. The number of benzene rings is 1. The van der Waals surface area contributed by atoms with E-state index in [2.05, 4.69) is 28.6 Å². The molecule has 2 aromatic rings. The van der Waals surface area contributed by atoms with Crippen LogP contribution in [0.4, 0.5) is 5.82 Å². The zero-order valence-corrected chi connectivity index (χ0v) is 13.4. The molecule has 0 bridgehead atoms. The van der Waals surface area contributed by atoms with Crippen molar-refractivity contribution in [1.29, 1.82) is 0 Å². The van der Waals surface area contributed by atoms with Gasteiger partial charge in [-0.15, -0.1) is 0 Å². The fourth-order valence-corrected chi connectivity index (χ4v) is 4.09. The number of amides is 1. The van der Waals surface area contributed by atoms with Crippen LogP contribution < -0.4 is 5.32 Å². The number of anilines is 1. The van der Waals surface area contributed by atoms with Crippen molar-refractivity contribution in [2.45, 2.75) is 56.9 Å². The van der Waals surface area contributed by atoms with Crippen LogP contribution >= 0.6 is 0 Å². The van der Waals surface area contributed by atoms with Gasteiger partial charge in [0.15, 0.2) is 0 Å². The summed E-state index contributed by atoms with van der Waals surface area (Å²) in [6.07, 6.45) is 9.73. The topological polar surface area (TPSA) is 46.9 Å². The predicted octanol–water partition coefficient (Wildman–Crippen LogP) is 4.06. The van der Waals surface area contributed by atoms with Crippen LogP contribution in [0.2, 0.25) is 0 Å². The van der Waals surface area contributed by atoms with Crippen LogP contribution in [-0.2, 0) is 11.2 Å². The number of nitrogens with one attached hydrogen (secondary N) is 1. The van der Waals surface area contributed by atoms with Gasteiger partial charge in [0.25, 0.3) is 0 Å². The zero-order valence-electron chi connectivity index (χ0n) is 13.4. The molecule has 4 heteroatoms. The summed E-state index contributed by atoms with van der Waals surface area (Å²) in [7, 11) is 0. The smallest absolute Gasteiger partial charge is 0.233 e. The molecule has 2 aliphatic carbocycles. The number of carbonyl (C=O) groups is 1. The highest BCUT2D eigenvalue weighted by molar-refractivity contribution is 5.95. The van der Waals surface area contributed by atoms with Crippen molar-refractivity contribution < 1.29 is 4.79 Å². The third kappa shape index (κ3) is 2.78. The first-order valence-electron chi connectivity index (χ1n) is 8.75. The number of rotatable bonds is 3. The molecular weight excluding hydrogens is 286 g/mol. The highest BCUT2D eigenvalue weighted by atomic mass is 16.2. The molecule has 0 spiro atoms. The molecule has 4 nitrogen and oxygen atoms in total. The van der Waals surface area contributed by atoms with Crippen molar-refractivity contribution in [2.24, 2.45) is 0 Å². The molecular formula is C19H23N3O. The number of nitrogens with zero attached hydrogens (tertiary/aromatic N) is 2. The maximum Gasteiger partial charge on any atom is 0.233 e. The standard InChI is InChI=1S/C19H23N3O/c23-19(17-11-5-7-14-6-1-4-10-16(14)17)21-18-12-13-20-22(18)15-8-2-3-9-15/h1,4,6,10,12-13,15,17H,2-3,5,7-9,11H2,(H,21,23). The second-order valence-corrected chi connectivity index (χ2v) is 6.73. The molecule has 120 valence electrons. The van der Waals surface area contributed by atoms with E-state index in [9.17, 15) is 4.79 Å². The van der Waals surface area contributed by atoms with Crippen molar-refractivity contribution in [3.05, 3.63) is 47.7 Å². The van der Waals surface area contributed by atoms with E-state index in [0.717, 1.165) is 37.9 Å². The van der Waals surface area contributed by atoms with Crippen molar-refractivity contribution in [1.82, 2.24) is 9.78 Å². The maximum absolute atomic E-state index is 12.8. The van der Waals surface area contributed by atoms with Crippen LogP contribution in [0.3, 0.4) is 0 Å². The Kier molecular flexibility index (Phi) is 3.90. The number of aryl methyl sites for hydroxylation is 1. The molecule has 4 rings (SSSR count). The third-order valence-corrected chi connectivity index (χ3v) is 5.28. The number of hydrogen-bond donors (Lipinski definition) is 1. The fourth-order valence-electron chi connectivity index (χ4n) is 4.09. The van der Waals surface area contributed by atoms with E-state index >= 15 is 0 Å². The lowest BCUT2D eigenvalue weighted by molar-refractivity contribution is -0.117. The largest absolute Gasteiger partial charge is 0.310 e. The molecule has 1 atom stereocenters. The van der Waals surface area contributed by atoms with Crippen molar-refractivity contribution in [3.63, 3.8) is 0 Å². The van der Waals surface area contributed by atoms with E-state index in [4.69, 9.17) is 0 Å². The van der Waals surface area contributed by atoms with Crippen LogP contribution in [-0.4, -0.2) is 15.7 Å². The summed E-state index contributed by atoms with van der Waals surface area (Å²) in [6.45, 7) is 0. The van der Waals surface area contributed by atoms with Crippen LogP contribution in [0, 0.1) is 0 Å². The van der Waals surface area contributed by atoms with Crippen molar-refractivity contribution in [2.75, 3.05) is 5.32 Å². The Morgan fingerprint density at radius 1 is 1.09 bits per heavy atom. The van der Waals surface area contributed by atoms with Gasteiger partial charge in [-0.25, -0.2) is 4.68 Å². The van der Waals surface area contributed by atoms with Crippen molar-refractivity contribution >= 4 is 11.7 Å². The van der Waals surface area contributed by atoms with Crippen LogP contribution in [0.15, 0.2) is 36.5 Å². The monoisotopic (exact) mass is 309 g/mol. The first kappa shape index (κ1) is 14.5. The van der Waals surface area contributed by atoms with Gasteiger partial charge in [0, 0.05) is 6.07 Å². The molecule has 1 heterocycles. The molecule has 2 aliphatic rings. The molecule has 1 aromatic carbocycles. The van der Waals surface area contributed by atoms with Gasteiger partial charge in [0.2, 0.25) is 5.91 Å². The number of aromatic nitrogens is 2. The van der Waals surface area contributed by atoms with Gasteiger partial charge in [0.05, 0.1) is 18.2 Å². The lowest BCUT2D eigenvalue weighted by Gasteiger charge is -2.25. The molecule has 0 radical (unpaired) electrons. The lowest BCUT2D eigenvalue weighted by atomic mass is 9.82. The number of hydrogen-bond acceptors (Lipinski definition) is 2. The van der Waals surface area contributed by atoms with Gasteiger partial charge >= 0.3 is 0 Å². The Hall–Kier alpha value is -2.10. The molecule has 1 aromatic heterocycles. The Bertz CT molecular complexity index is 700. The van der Waals surface area contributed by atoms with Crippen LogP contribution in [0.1, 0.15) is 61.6 Å². The highest BCUT2D eigenvalue weighted by Crippen LogP contribution is 2.34. The molecule has 1 unspecified atom stereocenters. The van der Waals surface area contributed by atoms with Gasteiger partial charge in [-0.3, -0.25) is 4.79 Å². The first-order chi connectivity index (χ1) is 11.3. The van der Waals surface area contributed by atoms with Crippen LogP contribution in [0.25, 0.3) is 0 Å². The molecule has 1 saturated carbocycles. The average Bonchev–Trinajstić information content (AvgIpc) is 3.25. The summed E-state index contributed by atoms with van der Waals surface area (Å²) in [5.41, 5.74) is 2.52. The minimum Gasteiger partial charge on any atom is -0.310 e. The summed E-state index contributed by atoms with van der Waals surface area (Å²) >= 11 is 0. The fraction of sp³-hybridized carbons (Fsp3) is 0.474. The van der Waals surface area contributed by atoms with Gasteiger partial charge in [0.1, 0.15) is 5.82 Å². The van der Waals surface area contributed by atoms with E-state index in [1.807, 2.05) is 16.8 Å². The maximum atomic E-state index is 12.8. The van der Waals surface area contributed by atoms with E-state index in [0.29, 0.717) is 6.04 Å². The summed E-state index contributed by atoms with van der Waals surface area (Å²) in [5.74, 6) is 0.925. The second kappa shape index (κ2) is 6.19. The Balaban J connectivity index is 1.54. The van der Waals surface area contributed by atoms with Gasteiger partial charge in [-0.2, -0.15) is 5.10 Å². The van der Waals surface area contributed by atoms with Gasteiger partial charge in [-0.05, 0) is 43.2 Å². The number of fused-ring (bicyclic) bond motifs is 1. The molecule has 1 N–H and O–H groups in total. The normalized spacial score (nSPS) is 21.1. The van der Waals surface area contributed by atoms with Crippen molar-refractivity contribution in [3.8, 4) is 0 Å². The van der Waals surface area contributed by atoms with Crippen LogP contribution in [0.5, 0.6) is 0 Å². The SMILES string of the molecule is O=C(Nc1ccnn1C1CCCC1)C1CCCc2ccccc21. The summed E-state index contributed by atoms with van der Waals surface area (Å²) in [5, 5.41) is 7.58. The average molecular weight is 309 g/mol. The highest BCUT2D eigenvalue weighted by Gasteiger charge is 2.27. The third-order valence-electron chi connectivity index (χ3n) is 5.28. The van der Waals surface area contributed by atoms with E-state index in [1.54, 1.807) is 6.20 Å². The summed E-state index contributed by atoms with van der Waals surface area (Å²) in [4.78, 5) is 12.8. The predicted molar refractivity (Wildman–Crippen MR) is 90.5 cm³/mol. The molecule has 0 aliphatic heterocycles. The molecule has 1 fully saturated rings.